The summed E-state index contributed by atoms with van der Waals surface area (Å²) in [6.07, 6.45) is -18.3. The molecule has 3 aliphatic rings. The van der Waals surface area contributed by atoms with Gasteiger partial charge in [0.2, 0.25) is 6.36 Å². The van der Waals surface area contributed by atoms with E-state index in [0.717, 1.165) is 50.1 Å². The summed E-state index contributed by atoms with van der Waals surface area (Å²) in [5.41, 5.74) is 7.62. The third-order valence-electron chi connectivity index (χ3n) is 17.8. The summed E-state index contributed by atoms with van der Waals surface area (Å²) in [6.45, 7) is 0.479. The number of ether oxygens (including phenoxy) is 14. The summed E-state index contributed by atoms with van der Waals surface area (Å²) in [5, 5.41) is 2.93. The van der Waals surface area contributed by atoms with Crippen molar-refractivity contribution >= 4 is 40.7 Å². The van der Waals surface area contributed by atoms with Gasteiger partial charge in [0.05, 0.1) is 79.3 Å². The summed E-state index contributed by atoms with van der Waals surface area (Å²) in [6, 6.07) is 85.2. The SMILES string of the molecule is O=C(N[C@H]1[C@H](O[C@H]2[C@@H](OCc3ccccc3)[C@H](OCc3ccccc3)[C@@H](COCc3ccccc3)O[C@H]2F)O[C@H](COCc2ccccc2)[C@@H](O[C@@H]2O[C@H](COCc3ccccc3)[C@H](OCc3ccccc3)[C@H](OCc3ccccc3)[C@H]2OCc2ccccc2)[C@@H]1OCc1ccccc1)C(Cl)(Cl)Cl. The molecular formula is C83H85Cl3FNO15. The van der Waals surface area contributed by atoms with Crippen LogP contribution in [0.5, 0.6) is 0 Å². The van der Waals surface area contributed by atoms with Gasteiger partial charge in [-0.1, -0.05) is 308 Å². The Balaban J connectivity index is 0.965. The molecule has 9 aromatic carbocycles. The van der Waals surface area contributed by atoms with Crippen LogP contribution in [-0.4, -0.2) is 122 Å². The predicted octanol–water partition coefficient (Wildman–Crippen LogP) is 14.9. The number of nitrogens with one attached hydrogen (secondary N) is 1. The van der Waals surface area contributed by atoms with Crippen molar-refractivity contribution in [1.29, 1.82) is 0 Å². The van der Waals surface area contributed by atoms with E-state index in [1.54, 1.807) is 0 Å². The molecule has 103 heavy (non-hydrogen) atoms. The van der Waals surface area contributed by atoms with Crippen molar-refractivity contribution in [3.8, 4) is 0 Å². The lowest BCUT2D eigenvalue weighted by atomic mass is 9.94. The Labute approximate surface area is 616 Å². The van der Waals surface area contributed by atoms with Crippen LogP contribution in [0.25, 0.3) is 0 Å². The maximum Gasteiger partial charge on any atom is 0.272 e. The number of hydrogen-bond acceptors (Lipinski definition) is 15. The summed E-state index contributed by atoms with van der Waals surface area (Å²) in [4.78, 5) is 14.8. The van der Waals surface area contributed by atoms with Crippen molar-refractivity contribution in [2.75, 3.05) is 19.8 Å². The fourth-order valence-corrected chi connectivity index (χ4v) is 12.8. The van der Waals surface area contributed by atoms with Gasteiger partial charge in [-0.05, 0) is 50.1 Å². The number of halogens is 4. The van der Waals surface area contributed by atoms with E-state index < -0.39 is 102 Å². The zero-order valence-electron chi connectivity index (χ0n) is 56.8. The minimum absolute atomic E-state index is 0.0151. The first-order valence-electron chi connectivity index (χ1n) is 34.6. The van der Waals surface area contributed by atoms with Crippen LogP contribution >= 0.6 is 34.8 Å². The molecule has 3 saturated heterocycles. The van der Waals surface area contributed by atoms with Crippen LogP contribution in [0, 0.1) is 0 Å². The van der Waals surface area contributed by atoms with E-state index in [-0.39, 0.29) is 79.3 Å². The Morgan fingerprint density at radius 2 is 0.563 bits per heavy atom. The predicted molar refractivity (Wildman–Crippen MR) is 387 cm³/mol. The van der Waals surface area contributed by atoms with Gasteiger partial charge in [0, 0.05) is 0 Å². The molecule has 20 heteroatoms. The highest BCUT2D eigenvalue weighted by Gasteiger charge is 2.58. The minimum Gasteiger partial charge on any atom is -0.374 e. The first-order valence-corrected chi connectivity index (χ1v) is 35.8. The normalized spacial score (nSPS) is 25.0. The Bertz CT molecular complexity index is 3860. The van der Waals surface area contributed by atoms with Gasteiger partial charge >= 0.3 is 0 Å². The average molecular weight is 1460 g/mol. The fraction of sp³-hybridized carbons (Fsp3) is 0.337. The van der Waals surface area contributed by atoms with E-state index in [0.29, 0.717) is 0 Å². The standard InChI is InChI=1S/C83H85Cl3FNO15/c84-83(85,86)82(89)88-70-74(95-51-63-38-20-6-21-39-63)73(102-81-78(98-54-66-44-26-9-27-45-66)76(97-53-65-42-24-8-25-43-65)72(94-50-62-36-18-5-19-37-62)68(101-81)56-91-47-59-30-12-2-13-31-59)69(57-92-48-60-32-14-3-15-33-60)100-80(70)103-77-75(96-52-64-40-22-7-23-41-64)71(93-49-61-34-16-4-17-35-61)67(99-79(77)87)55-90-46-58-28-10-1-11-29-58/h1-45,67-81H,46-57H2,(H,88,89)/t67-,68-,69-,70-,71-,72+,73-,74-,75+,76+,77+,78-,79-,80+,81+/m1/s1. The maximum atomic E-state index is 18.2. The first-order chi connectivity index (χ1) is 50.5. The molecule has 9 aromatic rings. The highest BCUT2D eigenvalue weighted by atomic mass is 35.6. The number of amides is 1. The van der Waals surface area contributed by atoms with Crippen molar-refractivity contribution in [3.05, 3.63) is 323 Å². The summed E-state index contributed by atoms with van der Waals surface area (Å²) < 4.78 is 113. The number of rotatable bonds is 35. The number of hydrogen-bond donors (Lipinski definition) is 1. The lowest BCUT2D eigenvalue weighted by Gasteiger charge is -2.51. The van der Waals surface area contributed by atoms with Crippen LogP contribution in [0.15, 0.2) is 273 Å². The molecule has 16 nitrogen and oxygen atoms in total. The van der Waals surface area contributed by atoms with Crippen LogP contribution < -0.4 is 5.32 Å². The zero-order valence-corrected chi connectivity index (χ0v) is 59.0. The van der Waals surface area contributed by atoms with Gasteiger partial charge in [-0.25, -0.2) is 4.39 Å². The molecule has 0 bridgehead atoms. The molecule has 1 N–H and O–H groups in total. The summed E-state index contributed by atoms with van der Waals surface area (Å²) >= 11 is 19.7. The second kappa shape index (κ2) is 39.2. The highest BCUT2D eigenvalue weighted by Crippen LogP contribution is 2.40. The fourth-order valence-electron chi connectivity index (χ4n) is 12.6. The molecule has 540 valence electrons. The topological polar surface area (TPSA) is 158 Å². The average Bonchev–Trinajstić information content (AvgIpc) is 0.757. The molecule has 15 atom stereocenters. The van der Waals surface area contributed by atoms with Gasteiger partial charge in [0.1, 0.15) is 73.2 Å². The molecule has 0 spiro atoms. The lowest BCUT2D eigenvalue weighted by molar-refractivity contribution is -0.378. The summed E-state index contributed by atoms with van der Waals surface area (Å²) in [5.74, 6) is -1.10. The largest absolute Gasteiger partial charge is 0.374 e. The maximum absolute atomic E-state index is 18.2. The molecule has 0 radical (unpaired) electrons. The molecular weight excluding hydrogens is 1380 g/mol. The van der Waals surface area contributed by atoms with Crippen molar-refractivity contribution < 1.29 is 75.5 Å². The van der Waals surface area contributed by atoms with Gasteiger partial charge in [-0.2, -0.15) is 0 Å². The molecule has 0 saturated carbocycles. The van der Waals surface area contributed by atoms with Crippen LogP contribution in [0.3, 0.4) is 0 Å². The molecule has 0 aliphatic carbocycles. The number of carbonyl (C=O) groups is 1. The van der Waals surface area contributed by atoms with Crippen LogP contribution in [-0.2, 0) is 131 Å². The van der Waals surface area contributed by atoms with E-state index in [2.05, 4.69) is 5.32 Å². The highest BCUT2D eigenvalue weighted by molar-refractivity contribution is 6.76. The van der Waals surface area contributed by atoms with Crippen LogP contribution in [0.1, 0.15) is 50.1 Å². The number of alkyl halides is 4. The molecule has 1 amide bonds. The van der Waals surface area contributed by atoms with E-state index >= 15 is 4.39 Å². The van der Waals surface area contributed by atoms with E-state index in [1.807, 2.05) is 273 Å². The van der Waals surface area contributed by atoms with E-state index in [9.17, 15) is 4.79 Å². The van der Waals surface area contributed by atoms with Gasteiger partial charge < -0.3 is 71.6 Å². The smallest absolute Gasteiger partial charge is 0.272 e. The monoisotopic (exact) mass is 1460 g/mol. The van der Waals surface area contributed by atoms with E-state index in [1.165, 1.54) is 0 Å². The number of benzene rings is 9. The summed E-state index contributed by atoms with van der Waals surface area (Å²) in [7, 11) is 0. The first kappa shape index (κ1) is 75.4. The second-order valence-electron chi connectivity index (χ2n) is 25.4. The molecule has 0 aromatic heterocycles. The van der Waals surface area contributed by atoms with Crippen LogP contribution in [0.2, 0.25) is 0 Å². The molecule has 12 rings (SSSR count). The Morgan fingerprint density at radius 3 is 0.893 bits per heavy atom. The minimum atomic E-state index is -2.59. The van der Waals surface area contributed by atoms with E-state index in [4.69, 9.17) is 101 Å². The third-order valence-corrected chi connectivity index (χ3v) is 18.4. The van der Waals surface area contributed by atoms with Crippen LogP contribution in [0.4, 0.5) is 4.39 Å². The van der Waals surface area contributed by atoms with Crippen molar-refractivity contribution in [2.24, 2.45) is 0 Å². The Kier molecular flexibility index (Phi) is 28.7. The Hall–Kier alpha value is -7.31. The molecule has 3 heterocycles. The van der Waals surface area contributed by atoms with Gasteiger partial charge in [-0.15, -0.1) is 0 Å². The van der Waals surface area contributed by atoms with Gasteiger partial charge in [-0.3, -0.25) is 4.79 Å². The number of carbonyl (C=O) groups excluding carboxylic acids is 1. The third kappa shape index (κ3) is 22.4. The molecule has 3 aliphatic heterocycles. The van der Waals surface area contributed by atoms with Crippen molar-refractivity contribution in [3.63, 3.8) is 0 Å². The lowest BCUT2D eigenvalue weighted by Crippen LogP contribution is -2.70. The van der Waals surface area contributed by atoms with Crippen molar-refractivity contribution in [2.45, 2.75) is 155 Å². The quantitative estimate of drug-likeness (QED) is 0.0374. The second-order valence-corrected chi connectivity index (χ2v) is 27.7. The molecule has 3 fully saturated rings. The van der Waals surface area contributed by atoms with Gasteiger partial charge in [0.15, 0.2) is 12.6 Å². The van der Waals surface area contributed by atoms with Gasteiger partial charge in [0.25, 0.3) is 9.70 Å². The zero-order chi connectivity index (χ0) is 70.8. The van der Waals surface area contributed by atoms with Crippen molar-refractivity contribution in [1.82, 2.24) is 5.32 Å². The Morgan fingerprint density at radius 1 is 0.311 bits per heavy atom. The molecule has 0 unspecified atom stereocenters.